The number of amides is 2. The van der Waals surface area contributed by atoms with Crippen LogP contribution in [0, 0.1) is 0 Å². The van der Waals surface area contributed by atoms with Crippen LogP contribution in [0.4, 0.5) is 4.79 Å². The molecule has 2 amide bonds. The quantitative estimate of drug-likeness (QED) is 0.889. The van der Waals surface area contributed by atoms with E-state index in [-0.39, 0.29) is 12.1 Å². The predicted molar refractivity (Wildman–Crippen MR) is 72.3 cm³/mol. The minimum Gasteiger partial charge on any atom is -0.333 e. The SMILES string of the molecule is C[C@H](NC(=O)NCc1cccs1)c1ccncc1. The molecule has 0 aromatic carbocycles. The Balaban J connectivity index is 1.80. The molecule has 4 nitrogen and oxygen atoms in total. The lowest BCUT2D eigenvalue weighted by Gasteiger charge is -2.14. The molecule has 94 valence electrons. The molecule has 0 aliphatic heterocycles. The van der Waals surface area contributed by atoms with Gasteiger partial charge in [0.2, 0.25) is 0 Å². The van der Waals surface area contributed by atoms with Crippen molar-refractivity contribution < 1.29 is 4.79 Å². The van der Waals surface area contributed by atoms with Crippen molar-refractivity contribution in [3.63, 3.8) is 0 Å². The Labute approximate surface area is 110 Å². The standard InChI is InChI=1S/C13H15N3OS/c1-10(11-4-6-14-7-5-11)16-13(17)15-9-12-3-2-8-18-12/h2-8,10H,9H2,1H3,(H2,15,16,17)/t10-/m0/s1. The lowest BCUT2D eigenvalue weighted by Crippen LogP contribution is -2.36. The zero-order chi connectivity index (χ0) is 12.8. The summed E-state index contributed by atoms with van der Waals surface area (Å²) in [5.74, 6) is 0. The Morgan fingerprint density at radius 1 is 1.39 bits per heavy atom. The molecule has 1 atom stereocenters. The zero-order valence-corrected chi connectivity index (χ0v) is 10.9. The van der Waals surface area contributed by atoms with E-state index in [0.29, 0.717) is 6.54 Å². The summed E-state index contributed by atoms with van der Waals surface area (Å²) < 4.78 is 0. The van der Waals surface area contributed by atoms with Gasteiger partial charge in [-0.3, -0.25) is 4.98 Å². The Morgan fingerprint density at radius 3 is 2.83 bits per heavy atom. The van der Waals surface area contributed by atoms with Gasteiger partial charge in [0, 0.05) is 17.3 Å². The van der Waals surface area contributed by atoms with E-state index in [1.54, 1.807) is 23.7 Å². The second-order valence-corrected chi connectivity index (χ2v) is 4.94. The van der Waals surface area contributed by atoms with Gasteiger partial charge >= 0.3 is 6.03 Å². The Hall–Kier alpha value is -1.88. The van der Waals surface area contributed by atoms with E-state index in [1.807, 2.05) is 36.6 Å². The third kappa shape index (κ3) is 3.56. The molecule has 2 heterocycles. The smallest absolute Gasteiger partial charge is 0.315 e. The third-order valence-electron chi connectivity index (χ3n) is 2.56. The first-order valence-corrected chi connectivity index (χ1v) is 6.60. The van der Waals surface area contributed by atoms with Crippen molar-refractivity contribution in [2.24, 2.45) is 0 Å². The van der Waals surface area contributed by atoms with Crippen LogP contribution in [0.25, 0.3) is 0 Å². The van der Waals surface area contributed by atoms with E-state index in [0.717, 1.165) is 10.4 Å². The highest BCUT2D eigenvalue weighted by molar-refractivity contribution is 7.09. The minimum atomic E-state index is -0.160. The number of nitrogens with one attached hydrogen (secondary N) is 2. The molecule has 2 aromatic rings. The molecule has 2 N–H and O–H groups in total. The van der Waals surface area contributed by atoms with Crippen LogP contribution in [0.1, 0.15) is 23.4 Å². The number of rotatable bonds is 4. The van der Waals surface area contributed by atoms with Crippen molar-refractivity contribution in [3.8, 4) is 0 Å². The molecule has 2 rings (SSSR count). The molecule has 0 saturated carbocycles. The van der Waals surface area contributed by atoms with Crippen LogP contribution in [0.5, 0.6) is 0 Å². The molecule has 0 fully saturated rings. The second kappa shape index (κ2) is 6.16. The molecule has 18 heavy (non-hydrogen) atoms. The van der Waals surface area contributed by atoms with E-state index in [1.165, 1.54) is 0 Å². The molecule has 0 aliphatic carbocycles. The first kappa shape index (κ1) is 12.6. The minimum absolute atomic E-state index is 0.0312. The molecule has 0 radical (unpaired) electrons. The highest BCUT2D eigenvalue weighted by Crippen LogP contribution is 2.10. The van der Waals surface area contributed by atoms with Gasteiger partial charge in [-0.2, -0.15) is 0 Å². The first-order valence-electron chi connectivity index (χ1n) is 5.72. The number of pyridine rings is 1. The van der Waals surface area contributed by atoms with Crippen LogP contribution in [-0.4, -0.2) is 11.0 Å². The number of urea groups is 1. The number of nitrogens with zero attached hydrogens (tertiary/aromatic N) is 1. The van der Waals surface area contributed by atoms with Gasteiger partial charge in [0.15, 0.2) is 0 Å². The molecule has 0 saturated heterocycles. The van der Waals surface area contributed by atoms with Crippen LogP contribution in [-0.2, 0) is 6.54 Å². The molecular formula is C13H15N3OS. The van der Waals surface area contributed by atoms with Crippen LogP contribution in [0.2, 0.25) is 0 Å². The molecule has 5 heteroatoms. The number of thiophene rings is 1. The molecule has 0 bridgehead atoms. The summed E-state index contributed by atoms with van der Waals surface area (Å²) in [6, 6.07) is 7.56. The van der Waals surface area contributed by atoms with Crippen molar-refractivity contribution in [1.82, 2.24) is 15.6 Å². The number of carbonyl (C=O) groups excluding carboxylic acids is 1. The van der Waals surface area contributed by atoms with Gasteiger partial charge in [-0.25, -0.2) is 4.79 Å². The van der Waals surface area contributed by atoms with E-state index < -0.39 is 0 Å². The van der Waals surface area contributed by atoms with E-state index in [4.69, 9.17) is 0 Å². The monoisotopic (exact) mass is 261 g/mol. The lowest BCUT2D eigenvalue weighted by molar-refractivity contribution is 0.237. The number of hydrogen-bond donors (Lipinski definition) is 2. The highest BCUT2D eigenvalue weighted by Gasteiger charge is 2.08. The van der Waals surface area contributed by atoms with Crippen molar-refractivity contribution in [2.75, 3.05) is 0 Å². The fraction of sp³-hybridized carbons (Fsp3) is 0.231. The van der Waals surface area contributed by atoms with E-state index in [2.05, 4.69) is 15.6 Å². The Bertz CT molecular complexity index is 484. The fourth-order valence-corrected chi connectivity index (χ4v) is 2.21. The zero-order valence-electron chi connectivity index (χ0n) is 10.1. The summed E-state index contributed by atoms with van der Waals surface area (Å²) in [5, 5.41) is 7.71. The van der Waals surface area contributed by atoms with Gasteiger partial charge in [-0.05, 0) is 36.1 Å². The number of aromatic nitrogens is 1. The number of carbonyl (C=O) groups is 1. The average molecular weight is 261 g/mol. The largest absolute Gasteiger partial charge is 0.333 e. The van der Waals surface area contributed by atoms with Crippen molar-refractivity contribution in [2.45, 2.75) is 19.5 Å². The maximum absolute atomic E-state index is 11.7. The second-order valence-electron chi connectivity index (χ2n) is 3.91. The van der Waals surface area contributed by atoms with Gasteiger partial charge in [0.1, 0.15) is 0 Å². The van der Waals surface area contributed by atoms with Gasteiger partial charge in [0.25, 0.3) is 0 Å². The summed E-state index contributed by atoms with van der Waals surface area (Å²) >= 11 is 1.63. The maximum atomic E-state index is 11.7. The van der Waals surface area contributed by atoms with Gasteiger partial charge in [-0.1, -0.05) is 6.07 Å². The summed E-state index contributed by atoms with van der Waals surface area (Å²) in [6.07, 6.45) is 3.44. The Morgan fingerprint density at radius 2 is 2.17 bits per heavy atom. The summed E-state index contributed by atoms with van der Waals surface area (Å²) in [5.41, 5.74) is 1.04. The summed E-state index contributed by atoms with van der Waals surface area (Å²) in [4.78, 5) is 16.8. The Kier molecular flexibility index (Phi) is 4.30. The van der Waals surface area contributed by atoms with E-state index in [9.17, 15) is 4.79 Å². The summed E-state index contributed by atoms with van der Waals surface area (Å²) in [7, 11) is 0. The topological polar surface area (TPSA) is 54.0 Å². The normalized spacial score (nSPS) is 11.8. The van der Waals surface area contributed by atoms with Gasteiger partial charge in [-0.15, -0.1) is 11.3 Å². The highest BCUT2D eigenvalue weighted by atomic mass is 32.1. The van der Waals surface area contributed by atoms with Crippen LogP contribution >= 0.6 is 11.3 Å². The molecule has 0 unspecified atom stereocenters. The first-order chi connectivity index (χ1) is 8.75. The molecule has 0 aliphatic rings. The van der Waals surface area contributed by atoms with Crippen LogP contribution in [0.15, 0.2) is 42.0 Å². The van der Waals surface area contributed by atoms with Crippen LogP contribution < -0.4 is 10.6 Å². The third-order valence-corrected chi connectivity index (χ3v) is 3.43. The lowest BCUT2D eigenvalue weighted by atomic mass is 10.1. The van der Waals surface area contributed by atoms with Crippen molar-refractivity contribution >= 4 is 17.4 Å². The number of hydrogen-bond acceptors (Lipinski definition) is 3. The van der Waals surface area contributed by atoms with Gasteiger partial charge < -0.3 is 10.6 Å². The van der Waals surface area contributed by atoms with Crippen molar-refractivity contribution in [3.05, 3.63) is 52.5 Å². The average Bonchev–Trinajstić information content (AvgIpc) is 2.90. The summed E-state index contributed by atoms with van der Waals surface area (Å²) in [6.45, 7) is 2.51. The van der Waals surface area contributed by atoms with Gasteiger partial charge in [0.05, 0.1) is 12.6 Å². The van der Waals surface area contributed by atoms with Crippen molar-refractivity contribution in [1.29, 1.82) is 0 Å². The molecular weight excluding hydrogens is 246 g/mol. The molecule has 2 aromatic heterocycles. The maximum Gasteiger partial charge on any atom is 0.315 e. The van der Waals surface area contributed by atoms with Crippen LogP contribution in [0.3, 0.4) is 0 Å². The predicted octanol–water partition coefficient (Wildman–Crippen LogP) is 2.70. The van der Waals surface area contributed by atoms with E-state index >= 15 is 0 Å². The molecule has 0 spiro atoms. The fourth-order valence-electron chi connectivity index (χ4n) is 1.56.